The van der Waals surface area contributed by atoms with E-state index in [9.17, 15) is 4.79 Å². The average Bonchev–Trinajstić information content (AvgIpc) is 2.97. The quantitative estimate of drug-likeness (QED) is 0.728. The molecule has 1 saturated heterocycles. The molecule has 3 nitrogen and oxygen atoms in total. The highest BCUT2D eigenvalue weighted by Crippen LogP contribution is 2.33. The topological polar surface area (TPSA) is 32.7 Å². The number of hydrogen-bond donors (Lipinski definition) is 0. The van der Waals surface area contributed by atoms with E-state index in [1.807, 2.05) is 18.2 Å². The Morgan fingerprint density at radius 3 is 3.05 bits per heavy atom. The van der Waals surface area contributed by atoms with Crippen molar-refractivity contribution in [3.05, 3.63) is 26.3 Å². The van der Waals surface area contributed by atoms with Gasteiger partial charge in [0.25, 0.3) is 5.91 Å². The molecule has 1 aromatic rings. The van der Waals surface area contributed by atoms with E-state index in [0.29, 0.717) is 10.8 Å². The van der Waals surface area contributed by atoms with Crippen molar-refractivity contribution in [2.45, 2.75) is 19.8 Å². The number of hydrogen-bond acceptors (Lipinski definition) is 4. The molecule has 20 heavy (non-hydrogen) atoms. The maximum absolute atomic E-state index is 12.0. The summed E-state index contributed by atoms with van der Waals surface area (Å²) in [6.45, 7) is 4.25. The van der Waals surface area contributed by atoms with Crippen LogP contribution in [0, 0.1) is 5.92 Å². The third kappa shape index (κ3) is 3.10. The van der Waals surface area contributed by atoms with Crippen molar-refractivity contribution >= 4 is 51.9 Å². The fourth-order valence-electron chi connectivity index (χ4n) is 2.43. The number of thioether (sulfide) groups is 1. The fraction of sp³-hybridized carbons (Fsp3) is 0.429. The Balaban J connectivity index is 1.73. The van der Waals surface area contributed by atoms with Crippen molar-refractivity contribution in [3.63, 3.8) is 0 Å². The van der Waals surface area contributed by atoms with Crippen LogP contribution in [0.2, 0.25) is 4.34 Å². The van der Waals surface area contributed by atoms with E-state index in [1.165, 1.54) is 35.9 Å². The second-order valence-corrected chi connectivity index (χ2v) is 7.90. The van der Waals surface area contributed by atoms with Gasteiger partial charge in [-0.1, -0.05) is 18.5 Å². The molecule has 6 heteroatoms. The molecule has 0 aliphatic carbocycles. The Morgan fingerprint density at radius 2 is 2.35 bits per heavy atom. The Hall–Kier alpha value is -0.780. The van der Waals surface area contributed by atoms with Crippen LogP contribution in [0.1, 0.15) is 24.6 Å². The van der Waals surface area contributed by atoms with Gasteiger partial charge in [-0.05, 0) is 48.7 Å². The largest absolute Gasteiger partial charge is 0.351 e. The summed E-state index contributed by atoms with van der Waals surface area (Å²) < 4.78 is 0.735. The number of thiophene rings is 1. The van der Waals surface area contributed by atoms with E-state index in [2.05, 4.69) is 16.8 Å². The Kier molecular flexibility index (Phi) is 4.19. The van der Waals surface area contributed by atoms with Gasteiger partial charge in [0.1, 0.15) is 0 Å². The monoisotopic (exact) mass is 326 g/mol. The van der Waals surface area contributed by atoms with Crippen LogP contribution in [0.25, 0.3) is 6.08 Å². The number of aliphatic imine (C=N–C) groups is 1. The summed E-state index contributed by atoms with van der Waals surface area (Å²) in [5, 5.41) is 0.857. The zero-order valence-electron chi connectivity index (χ0n) is 11.1. The van der Waals surface area contributed by atoms with Crippen molar-refractivity contribution in [1.29, 1.82) is 0 Å². The van der Waals surface area contributed by atoms with Crippen molar-refractivity contribution in [2.75, 3.05) is 13.1 Å². The highest BCUT2D eigenvalue weighted by Gasteiger charge is 2.28. The molecule has 1 atom stereocenters. The van der Waals surface area contributed by atoms with E-state index in [0.717, 1.165) is 27.5 Å². The molecular weight excluding hydrogens is 312 g/mol. The van der Waals surface area contributed by atoms with Gasteiger partial charge in [-0.25, -0.2) is 0 Å². The molecule has 0 unspecified atom stereocenters. The lowest BCUT2D eigenvalue weighted by atomic mass is 10.0. The molecular formula is C14H15ClN2OS2. The van der Waals surface area contributed by atoms with Gasteiger partial charge in [-0.3, -0.25) is 4.79 Å². The number of nitrogens with zero attached hydrogens (tertiary/aromatic N) is 2. The van der Waals surface area contributed by atoms with E-state index in [1.54, 1.807) is 0 Å². The van der Waals surface area contributed by atoms with E-state index in [-0.39, 0.29) is 5.91 Å². The molecule has 3 rings (SSSR count). The van der Waals surface area contributed by atoms with Crippen LogP contribution in [0.3, 0.4) is 0 Å². The summed E-state index contributed by atoms with van der Waals surface area (Å²) >= 11 is 8.86. The van der Waals surface area contributed by atoms with Crippen molar-refractivity contribution < 1.29 is 4.79 Å². The molecule has 0 aromatic carbocycles. The molecule has 1 aromatic heterocycles. The molecule has 3 heterocycles. The van der Waals surface area contributed by atoms with E-state index < -0.39 is 0 Å². The number of piperidine rings is 1. The first-order valence-corrected chi connectivity index (χ1v) is 8.66. The van der Waals surface area contributed by atoms with Crippen LogP contribution in [0.5, 0.6) is 0 Å². The summed E-state index contributed by atoms with van der Waals surface area (Å²) in [7, 11) is 0. The second-order valence-electron chi connectivity index (χ2n) is 5.15. The Morgan fingerprint density at radius 1 is 1.50 bits per heavy atom. The van der Waals surface area contributed by atoms with Gasteiger partial charge < -0.3 is 4.90 Å². The van der Waals surface area contributed by atoms with Crippen LogP contribution in [0.4, 0.5) is 0 Å². The first kappa shape index (κ1) is 14.2. The Bertz CT molecular complexity index is 594. The van der Waals surface area contributed by atoms with Gasteiger partial charge >= 0.3 is 0 Å². The summed E-state index contributed by atoms with van der Waals surface area (Å²) in [6.07, 6.45) is 4.32. The smallest absolute Gasteiger partial charge is 0.286 e. The molecule has 1 fully saturated rings. The predicted octanol–water partition coefficient (Wildman–Crippen LogP) is 4.10. The standard InChI is InChI=1S/C14H15ClN2OS2/c1-9-3-2-6-17(8-9)14-16-13(18)11(20-14)7-10-4-5-12(15)19-10/h4-5,7,9H,2-3,6,8H2,1H3/b11-7+/t9-/m1/s1. The highest BCUT2D eigenvalue weighted by atomic mass is 35.5. The second kappa shape index (κ2) is 5.92. The zero-order valence-corrected chi connectivity index (χ0v) is 13.5. The van der Waals surface area contributed by atoms with E-state index >= 15 is 0 Å². The summed E-state index contributed by atoms with van der Waals surface area (Å²) in [5.74, 6) is 0.541. The third-order valence-electron chi connectivity index (χ3n) is 3.40. The number of amides is 1. The SMILES string of the molecule is C[C@@H]1CCCN(C2=NC(=O)/C(=C\c3ccc(Cl)s3)S2)C1. The highest BCUT2D eigenvalue weighted by molar-refractivity contribution is 8.18. The number of carbonyl (C=O) groups is 1. The summed E-state index contributed by atoms with van der Waals surface area (Å²) in [4.78, 5) is 20.1. The minimum atomic E-state index is -0.132. The minimum Gasteiger partial charge on any atom is -0.351 e. The third-order valence-corrected chi connectivity index (χ3v) is 5.63. The predicted molar refractivity (Wildman–Crippen MR) is 87.3 cm³/mol. The molecule has 0 N–H and O–H groups in total. The molecule has 106 valence electrons. The van der Waals surface area contributed by atoms with Crippen LogP contribution in [-0.4, -0.2) is 29.1 Å². The lowest BCUT2D eigenvalue weighted by Crippen LogP contribution is -2.37. The number of likely N-dealkylation sites (tertiary alicyclic amines) is 1. The fourth-order valence-corrected chi connectivity index (χ4v) is 4.45. The van der Waals surface area contributed by atoms with Crippen LogP contribution in [0.15, 0.2) is 22.0 Å². The molecule has 2 aliphatic rings. The molecule has 0 saturated carbocycles. The van der Waals surface area contributed by atoms with Crippen molar-refractivity contribution in [1.82, 2.24) is 4.90 Å². The van der Waals surface area contributed by atoms with Crippen molar-refractivity contribution in [2.24, 2.45) is 10.9 Å². The molecule has 1 amide bonds. The molecule has 2 aliphatic heterocycles. The number of halogens is 1. The van der Waals surface area contributed by atoms with Gasteiger partial charge in [0.2, 0.25) is 0 Å². The number of carbonyl (C=O) groups excluding carboxylic acids is 1. The van der Waals surface area contributed by atoms with Gasteiger partial charge in [0.15, 0.2) is 5.17 Å². The number of amidine groups is 1. The molecule has 0 spiro atoms. The van der Waals surface area contributed by atoms with Crippen molar-refractivity contribution in [3.8, 4) is 0 Å². The van der Waals surface area contributed by atoms with Crippen LogP contribution >= 0.6 is 34.7 Å². The van der Waals surface area contributed by atoms with Gasteiger partial charge in [-0.15, -0.1) is 11.3 Å². The molecule has 0 bridgehead atoms. The van der Waals surface area contributed by atoms with Gasteiger partial charge in [0, 0.05) is 18.0 Å². The lowest BCUT2D eigenvalue weighted by molar-refractivity contribution is -0.113. The lowest BCUT2D eigenvalue weighted by Gasteiger charge is -2.31. The van der Waals surface area contributed by atoms with Crippen LogP contribution in [-0.2, 0) is 4.79 Å². The maximum Gasteiger partial charge on any atom is 0.286 e. The first-order valence-electron chi connectivity index (χ1n) is 6.64. The maximum atomic E-state index is 12.0. The first-order chi connectivity index (χ1) is 9.61. The van der Waals surface area contributed by atoms with Crippen LogP contribution < -0.4 is 0 Å². The normalized spacial score (nSPS) is 25.4. The average molecular weight is 327 g/mol. The molecule has 0 radical (unpaired) electrons. The minimum absolute atomic E-state index is 0.132. The number of rotatable bonds is 1. The summed E-state index contributed by atoms with van der Waals surface area (Å²) in [5.41, 5.74) is 0. The van der Waals surface area contributed by atoms with Gasteiger partial charge in [0.05, 0.1) is 9.24 Å². The zero-order chi connectivity index (χ0) is 14.1. The van der Waals surface area contributed by atoms with E-state index in [4.69, 9.17) is 11.6 Å². The Labute approximate surface area is 131 Å². The summed E-state index contributed by atoms with van der Waals surface area (Å²) in [6, 6.07) is 3.77. The van der Waals surface area contributed by atoms with Gasteiger partial charge in [-0.2, -0.15) is 4.99 Å².